The summed E-state index contributed by atoms with van der Waals surface area (Å²) in [5, 5.41) is 16.5. The maximum absolute atomic E-state index is 13.2. The molecule has 0 amide bonds. The van der Waals surface area contributed by atoms with E-state index in [-0.39, 0.29) is 18.0 Å². The van der Waals surface area contributed by atoms with Gasteiger partial charge in [0.15, 0.2) is 0 Å². The second-order valence-corrected chi connectivity index (χ2v) is 8.89. The average Bonchev–Trinajstić information content (AvgIpc) is 3.11. The number of rotatable bonds is 8. The maximum atomic E-state index is 13.2. The highest BCUT2D eigenvalue weighted by atomic mass is 16.4. The molecule has 1 fully saturated rings. The van der Waals surface area contributed by atoms with Crippen LogP contribution < -0.4 is 5.56 Å². The summed E-state index contributed by atoms with van der Waals surface area (Å²) in [6.07, 6.45) is 3.08. The molecule has 8 heteroatoms. The third-order valence-electron chi connectivity index (χ3n) is 6.19. The molecule has 2 bridgehead atoms. The summed E-state index contributed by atoms with van der Waals surface area (Å²) in [6.45, 7) is 5.66. The topological polar surface area (TPSA) is 94.5 Å². The SMILES string of the molecule is CCCc1cc(CN(C)Cc2ccc3n(c2=O)C[C@H]2C[C@@H]3CN(CC(=O)O)C2)[nH]n1. The van der Waals surface area contributed by atoms with E-state index in [1.165, 1.54) is 0 Å². The van der Waals surface area contributed by atoms with Crippen LogP contribution in [0.2, 0.25) is 0 Å². The molecule has 0 saturated carbocycles. The first-order chi connectivity index (χ1) is 14.4. The number of carboxylic acids is 1. The van der Waals surface area contributed by atoms with Gasteiger partial charge in [-0.2, -0.15) is 5.10 Å². The van der Waals surface area contributed by atoms with Gasteiger partial charge in [0.2, 0.25) is 0 Å². The number of hydrogen-bond acceptors (Lipinski definition) is 5. The van der Waals surface area contributed by atoms with Crippen LogP contribution in [0.25, 0.3) is 0 Å². The summed E-state index contributed by atoms with van der Waals surface area (Å²) < 4.78 is 1.94. The van der Waals surface area contributed by atoms with Crippen LogP contribution in [0.4, 0.5) is 0 Å². The number of aliphatic carboxylic acids is 1. The van der Waals surface area contributed by atoms with Crippen LogP contribution in [-0.2, 0) is 30.8 Å². The Bertz CT molecular complexity index is 966. The lowest BCUT2D eigenvalue weighted by Gasteiger charge is -2.42. The van der Waals surface area contributed by atoms with Crippen molar-refractivity contribution in [1.82, 2.24) is 24.6 Å². The predicted molar refractivity (Wildman–Crippen MR) is 113 cm³/mol. The number of H-pyrrole nitrogens is 1. The highest BCUT2D eigenvalue weighted by Gasteiger charge is 2.35. The number of pyridine rings is 1. The zero-order valence-corrected chi connectivity index (χ0v) is 17.8. The van der Waals surface area contributed by atoms with Gasteiger partial charge in [0.25, 0.3) is 5.56 Å². The molecular formula is C22H31N5O3. The zero-order valence-electron chi connectivity index (χ0n) is 17.8. The molecule has 2 atom stereocenters. The minimum absolute atomic E-state index is 0.0771. The number of nitrogens with zero attached hydrogens (tertiary/aromatic N) is 4. The number of aromatic amines is 1. The van der Waals surface area contributed by atoms with E-state index in [4.69, 9.17) is 5.11 Å². The highest BCUT2D eigenvalue weighted by Crippen LogP contribution is 2.35. The Morgan fingerprint density at radius 2 is 2.13 bits per heavy atom. The molecule has 2 aliphatic heterocycles. The van der Waals surface area contributed by atoms with Crippen LogP contribution in [0, 0.1) is 5.92 Å². The monoisotopic (exact) mass is 413 g/mol. The Morgan fingerprint density at radius 3 is 2.90 bits per heavy atom. The van der Waals surface area contributed by atoms with Crippen LogP contribution in [-0.4, -0.2) is 62.3 Å². The minimum atomic E-state index is -0.787. The predicted octanol–water partition coefficient (Wildman–Crippen LogP) is 1.66. The van der Waals surface area contributed by atoms with Gasteiger partial charge in [0.1, 0.15) is 0 Å². The molecule has 162 valence electrons. The highest BCUT2D eigenvalue weighted by molar-refractivity contribution is 5.69. The van der Waals surface area contributed by atoms with Crippen molar-refractivity contribution in [2.75, 3.05) is 26.7 Å². The summed E-state index contributed by atoms with van der Waals surface area (Å²) in [5.74, 6) is -0.216. The summed E-state index contributed by atoms with van der Waals surface area (Å²) in [6, 6.07) is 6.13. The van der Waals surface area contributed by atoms with Crippen LogP contribution >= 0.6 is 0 Å². The van der Waals surface area contributed by atoms with Crippen molar-refractivity contribution in [3.63, 3.8) is 0 Å². The molecule has 8 nitrogen and oxygen atoms in total. The van der Waals surface area contributed by atoms with E-state index in [9.17, 15) is 9.59 Å². The van der Waals surface area contributed by atoms with E-state index in [1.807, 2.05) is 22.6 Å². The van der Waals surface area contributed by atoms with Gasteiger partial charge in [-0.25, -0.2) is 0 Å². The Hall–Kier alpha value is -2.45. The molecule has 0 unspecified atom stereocenters. The fraction of sp³-hybridized carbons (Fsp3) is 0.591. The number of aryl methyl sites for hydroxylation is 1. The van der Waals surface area contributed by atoms with Gasteiger partial charge in [-0.3, -0.25) is 24.5 Å². The first-order valence-electron chi connectivity index (χ1n) is 10.8. The van der Waals surface area contributed by atoms with Gasteiger partial charge in [0, 0.05) is 55.6 Å². The molecule has 0 aromatic carbocycles. The number of hydrogen-bond donors (Lipinski definition) is 2. The molecule has 2 aliphatic rings. The van der Waals surface area contributed by atoms with Crippen molar-refractivity contribution in [2.24, 2.45) is 5.92 Å². The Kier molecular flexibility index (Phi) is 6.06. The Labute approximate surface area is 176 Å². The summed E-state index contributed by atoms with van der Waals surface area (Å²) in [7, 11) is 2.02. The lowest BCUT2D eigenvalue weighted by molar-refractivity contribution is -0.139. The fourth-order valence-corrected chi connectivity index (χ4v) is 5.04. The smallest absolute Gasteiger partial charge is 0.317 e. The summed E-state index contributed by atoms with van der Waals surface area (Å²) in [4.78, 5) is 28.4. The second-order valence-electron chi connectivity index (χ2n) is 8.89. The van der Waals surface area contributed by atoms with E-state index < -0.39 is 5.97 Å². The van der Waals surface area contributed by atoms with E-state index in [2.05, 4.69) is 34.2 Å². The normalized spacial score (nSPS) is 21.0. The number of carbonyl (C=O) groups is 1. The van der Waals surface area contributed by atoms with Crippen LogP contribution in [0.5, 0.6) is 0 Å². The van der Waals surface area contributed by atoms with E-state index >= 15 is 0 Å². The average molecular weight is 414 g/mol. The van der Waals surface area contributed by atoms with Crippen molar-refractivity contribution < 1.29 is 9.90 Å². The van der Waals surface area contributed by atoms with Gasteiger partial charge in [0.05, 0.1) is 12.2 Å². The standard InChI is InChI=1S/C22H31N5O3/c1-3-4-18-8-19(24-23-18)13-25(2)11-16-5-6-20-17-7-15(10-27(20)22(16)30)9-26(12-17)14-21(28)29/h5-6,8,15,17H,3-4,7,9-14H2,1-2H3,(H,23,24)(H,28,29)/t15-,17+/m0/s1. The maximum Gasteiger partial charge on any atom is 0.317 e. The third kappa shape index (κ3) is 4.49. The second kappa shape index (κ2) is 8.73. The molecule has 2 N–H and O–H groups in total. The molecule has 0 aliphatic carbocycles. The van der Waals surface area contributed by atoms with E-state index in [1.54, 1.807) is 0 Å². The quantitative estimate of drug-likeness (QED) is 0.684. The van der Waals surface area contributed by atoms with E-state index in [0.29, 0.717) is 32.1 Å². The lowest BCUT2D eigenvalue weighted by Crippen LogP contribution is -2.48. The number of nitrogens with one attached hydrogen (secondary N) is 1. The number of carboxylic acid groups (broad SMARTS) is 1. The number of aromatic nitrogens is 3. The lowest BCUT2D eigenvalue weighted by atomic mass is 9.83. The first kappa shape index (κ1) is 20.8. The van der Waals surface area contributed by atoms with Crippen molar-refractivity contribution in [1.29, 1.82) is 0 Å². The Balaban J connectivity index is 1.46. The van der Waals surface area contributed by atoms with E-state index in [0.717, 1.165) is 48.5 Å². The number of likely N-dealkylation sites (tertiary alicyclic amines) is 1. The molecular weight excluding hydrogens is 382 g/mol. The summed E-state index contributed by atoms with van der Waals surface area (Å²) >= 11 is 0. The van der Waals surface area contributed by atoms with Crippen LogP contribution in [0.15, 0.2) is 23.0 Å². The molecule has 2 aromatic heterocycles. The van der Waals surface area contributed by atoms with Crippen LogP contribution in [0.1, 0.15) is 48.3 Å². The van der Waals surface area contributed by atoms with Gasteiger partial charge < -0.3 is 9.67 Å². The molecule has 0 spiro atoms. The number of fused-ring (bicyclic) bond motifs is 4. The molecule has 1 saturated heterocycles. The fourth-order valence-electron chi connectivity index (χ4n) is 5.04. The third-order valence-corrected chi connectivity index (χ3v) is 6.19. The van der Waals surface area contributed by atoms with Crippen molar-refractivity contribution in [3.05, 3.63) is 51.2 Å². The summed E-state index contributed by atoms with van der Waals surface area (Å²) in [5.41, 5.74) is 4.09. The largest absolute Gasteiger partial charge is 0.480 e. The van der Waals surface area contributed by atoms with Gasteiger partial charge in [-0.05, 0) is 37.9 Å². The van der Waals surface area contributed by atoms with Gasteiger partial charge in [-0.15, -0.1) is 0 Å². The van der Waals surface area contributed by atoms with Crippen molar-refractivity contribution in [2.45, 2.75) is 51.7 Å². The number of piperidine rings is 1. The molecule has 4 rings (SSSR count). The molecule has 2 aromatic rings. The van der Waals surface area contributed by atoms with Gasteiger partial charge >= 0.3 is 5.97 Å². The van der Waals surface area contributed by atoms with Crippen LogP contribution in [0.3, 0.4) is 0 Å². The van der Waals surface area contributed by atoms with Gasteiger partial charge in [-0.1, -0.05) is 19.4 Å². The minimum Gasteiger partial charge on any atom is -0.480 e. The first-order valence-corrected chi connectivity index (χ1v) is 10.8. The zero-order chi connectivity index (χ0) is 21.3. The van der Waals surface area contributed by atoms with Crippen molar-refractivity contribution >= 4 is 5.97 Å². The molecule has 4 heterocycles. The molecule has 30 heavy (non-hydrogen) atoms. The Morgan fingerprint density at radius 1 is 1.30 bits per heavy atom. The van der Waals surface area contributed by atoms with Crippen molar-refractivity contribution in [3.8, 4) is 0 Å². The molecule has 0 radical (unpaired) electrons.